The quantitative estimate of drug-likeness (QED) is 0.192. The van der Waals surface area contributed by atoms with Crippen LogP contribution in [0.15, 0.2) is 60.3 Å². The normalized spacial score (nSPS) is 10.7. The fourth-order valence-corrected chi connectivity index (χ4v) is 3.95. The van der Waals surface area contributed by atoms with Crippen molar-refractivity contribution in [1.82, 2.24) is 14.8 Å². The molecule has 0 saturated heterocycles. The number of aromatic nitrogens is 3. The van der Waals surface area contributed by atoms with Crippen LogP contribution < -0.4 is 10.1 Å². The summed E-state index contributed by atoms with van der Waals surface area (Å²) in [5.74, 6) is 1.44. The summed E-state index contributed by atoms with van der Waals surface area (Å²) in [5, 5.41) is 12.7. The number of nitrogens with zero attached hydrogens (tertiary/aromatic N) is 3. The van der Waals surface area contributed by atoms with Crippen LogP contribution in [0.2, 0.25) is 10.0 Å². The van der Waals surface area contributed by atoms with Gasteiger partial charge in [-0.3, -0.25) is 9.36 Å². The van der Waals surface area contributed by atoms with Crippen LogP contribution in [-0.2, 0) is 11.3 Å². The minimum atomic E-state index is -0.220. The molecule has 0 saturated carbocycles. The maximum absolute atomic E-state index is 12.4. The Kier molecular flexibility index (Phi) is 9.02. The minimum Gasteiger partial charge on any atom is -0.494 e. The molecule has 0 spiro atoms. The first-order chi connectivity index (χ1) is 15.5. The number of amides is 1. The number of halogens is 2. The maximum Gasteiger partial charge on any atom is 0.234 e. The van der Waals surface area contributed by atoms with Gasteiger partial charge in [-0.05, 0) is 42.8 Å². The molecule has 2 aromatic carbocycles. The molecular formula is C23H24Cl2N4O2S. The number of allylic oxidation sites excluding steroid dienone is 1. The van der Waals surface area contributed by atoms with Crippen LogP contribution in [-0.4, -0.2) is 33.0 Å². The zero-order valence-electron chi connectivity index (χ0n) is 17.7. The summed E-state index contributed by atoms with van der Waals surface area (Å²) in [4.78, 5) is 12.4. The van der Waals surface area contributed by atoms with E-state index in [1.165, 1.54) is 11.8 Å². The Morgan fingerprint density at radius 2 is 2.00 bits per heavy atom. The van der Waals surface area contributed by atoms with Crippen molar-refractivity contribution in [2.24, 2.45) is 0 Å². The molecule has 168 valence electrons. The van der Waals surface area contributed by atoms with Gasteiger partial charge in [0.05, 0.1) is 28.1 Å². The highest BCUT2D eigenvalue weighted by molar-refractivity contribution is 7.99. The summed E-state index contributed by atoms with van der Waals surface area (Å²) in [6.07, 6.45) is 3.88. The Bertz CT molecular complexity index is 1070. The molecule has 0 aliphatic rings. The number of ether oxygens (including phenoxy) is 1. The lowest BCUT2D eigenvalue weighted by molar-refractivity contribution is -0.113. The van der Waals surface area contributed by atoms with Gasteiger partial charge in [0, 0.05) is 12.1 Å². The third-order valence-electron chi connectivity index (χ3n) is 4.47. The van der Waals surface area contributed by atoms with E-state index in [1.54, 1.807) is 24.3 Å². The second kappa shape index (κ2) is 11.9. The topological polar surface area (TPSA) is 69.0 Å². The van der Waals surface area contributed by atoms with Crippen molar-refractivity contribution in [3.05, 3.63) is 65.2 Å². The van der Waals surface area contributed by atoms with Crippen LogP contribution in [0.5, 0.6) is 5.75 Å². The Labute approximate surface area is 202 Å². The predicted molar refractivity (Wildman–Crippen MR) is 132 cm³/mol. The summed E-state index contributed by atoms with van der Waals surface area (Å²) in [7, 11) is 0. The van der Waals surface area contributed by atoms with E-state index in [0.717, 1.165) is 24.2 Å². The first kappa shape index (κ1) is 24.2. The smallest absolute Gasteiger partial charge is 0.234 e. The second-order valence-corrected chi connectivity index (χ2v) is 8.60. The molecule has 9 heteroatoms. The number of thioether (sulfide) groups is 1. The number of rotatable bonds is 11. The SMILES string of the molecule is C=CCn1c(SCC(=O)Nc2cccc(Cl)c2Cl)nnc1-c1ccc(OCCCC)cc1. The highest BCUT2D eigenvalue weighted by atomic mass is 35.5. The first-order valence-corrected chi connectivity index (χ1v) is 11.9. The summed E-state index contributed by atoms with van der Waals surface area (Å²) < 4.78 is 7.65. The van der Waals surface area contributed by atoms with E-state index in [4.69, 9.17) is 27.9 Å². The van der Waals surface area contributed by atoms with E-state index in [0.29, 0.717) is 39.9 Å². The Balaban J connectivity index is 1.68. The van der Waals surface area contributed by atoms with Crippen molar-refractivity contribution in [2.75, 3.05) is 17.7 Å². The monoisotopic (exact) mass is 490 g/mol. The van der Waals surface area contributed by atoms with Crippen molar-refractivity contribution in [3.8, 4) is 17.1 Å². The highest BCUT2D eigenvalue weighted by Crippen LogP contribution is 2.30. The van der Waals surface area contributed by atoms with Gasteiger partial charge >= 0.3 is 0 Å². The average Bonchev–Trinajstić information content (AvgIpc) is 3.19. The van der Waals surface area contributed by atoms with E-state index >= 15 is 0 Å². The third kappa shape index (κ3) is 6.28. The lowest BCUT2D eigenvalue weighted by Gasteiger charge is -2.10. The Morgan fingerprint density at radius 3 is 2.72 bits per heavy atom. The van der Waals surface area contributed by atoms with Gasteiger partial charge in [-0.15, -0.1) is 16.8 Å². The number of nitrogens with one attached hydrogen (secondary N) is 1. The molecule has 3 rings (SSSR count). The molecule has 0 fully saturated rings. The number of unbranched alkanes of at least 4 members (excludes halogenated alkanes) is 1. The molecule has 0 atom stereocenters. The van der Waals surface area contributed by atoms with Crippen LogP contribution in [0.1, 0.15) is 19.8 Å². The lowest BCUT2D eigenvalue weighted by atomic mass is 10.2. The molecule has 0 unspecified atom stereocenters. The summed E-state index contributed by atoms with van der Waals surface area (Å²) in [6, 6.07) is 12.8. The Morgan fingerprint density at radius 1 is 1.22 bits per heavy atom. The van der Waals surface area contributed by atoms with Gasteiger partial charge in [-0.25, -0.2) is 0 Å². The molecule has 3 aromatic rings. The van der Waals surface area contributed by atoms with Gasteiger partial charge in [-0.2, -0.15) is 0 Å². The van der Waals surface area contributed by atoms with Gasteiger partial charge in [0.2, 0.25) is 5.91 Å². The Hall–Kier alpha value is -2.48. The van der Waals surface area contributed by atoms with E-state index < -0.39 is 0 Å². The van der Waals surface area contributed by atoms with Crippen molar-refractivity contribution >= 4 is 46.6 Å². The van der Waals surface area contributed by atoms with Crippen LogP contribution in [0.25, 0.3) is 11.4 Å². The lowest BCUT2D eigenvalue weighted by Crippen LogP contribution is -2.15. The molecule has 1 aromatic heterocycles. The summed E-state index contributed by atoms with van der Waals surface area (Å²) in [5.41, 5.74) is 1.38. The molecule has 32 heavy (non-hydrogen) atoms. The van der Waals surface area contributed by atoms with Crippen LogP contribution in [0.4, 0.5) is 5.69 Å². The van der Waals surface area contributed by atoms with Crippen molar-refractivity contribution in [3.63, 3.8) is 0 Å². The number of carbonyl (C=O) groups excluding carboxylic acids is 1. The zero-order chi connectivity index (χ0) is 22.9. The zero-order valence-corrected chi connectivity index (χ0v) is 20.0. The number of carbonyl (C=O) groups is 1. The van der Waals surface area contributed by atoms with Gasteiger partial charge in [0.15, 0.2) is 11.0 Å². The van der Waals surface area contributed by atoms with Crippen LogP contribution in [0, 0.1) is 0 Å². The van der Waals surface area contributed by atoms with E-state index in [9.17, 15) is 4.79 Å². The van der Waals surface area contributed by atoms with E-state index in [2.05, 4.69) is 29.0 Å². The fourth-order valence-electron chi connectivity index (χ4n) is 2.85. The summed E-state index contributed by atoms with van der Waals surface area (Å²) >= 11 is 13.4. The van der Waals surface area contributed by atoms with Crippen molar-refractivity contribution < 1.29 is 9.53 Å². The van der Waals surface area contributed by atoms with Crippen LogP contribution in [0.3, 0.4) is 0 Å². The van der Waals surface area contributed by atoms with Crippen LogP contribution >= 0.6 is 35.0 Å². The van der Waals surface area contributed by atoms with Crippen molar-refractivity contribution in [2.45, 2.75) is 31.5 Å². The number of anilines is 1. The maximum atomic E-state index is 12.4. The molecule has 1 heterocycles. The number of hydrogen-bond acceptors (Lipinski definition) is 5. The highest BCUT2D eigenvalue weighted by Gasteiger charge is 2.16. The standard InChI is InChI=1S/C23H24Cl2N4O2S/c1-3-5-14-31-17-11-9-16(10-12-17)22-27-28-23(29(22)13-4-2)32-15-20(30)26-19-8-6-7-18(24)21(19)25/h4,6-12H,2-3,5,13-15H2,1H3,(H,26,30). The van der Waals surface area contributed by atoms with Crippen molar-refractivity contribution in [1.29, 1.82) is 0 Å². The molecule has 0 aliphatic carbocycles. The molecule has 1 amide bonds. The molecule has 6 nitrogen and oxygen atoms in total. The number of benzene rings is 2. The van der Waals surface area contributed by atoms with Gasteiger partial charge in [-0.1, -0.05) is 60.5 Å². The third-order valence-corrected chi connectivity index (χ3v) is 6.25. The predicted octanol–water partition coefficient (Wildman–Crippen LogP) is 6.35. The molecular weight excluding hydrogens is 467 g/mol. The first-order valence-electron chi connectivity index (χ1n) is 10.2. The van der Waals surface area contributed by atoms with Gasteiger partial charge in [0.25, 0.3) is 0 Å². The van der Waals surface area contributed by atoms with E-state index in [1.807, 2.05) is 28.8 Å². The molecule has 0 radical (unpaired) electrons. The fraction of sp³-hybridized carbons (Fsp3) is 0.261. The van der Waals surface area contributed by atoms with E-state index in [-0.39, 0.29) is 11.7 Å². The molecule has 1 N–H and O–H groups in total. The molecule has 0 aliphatic heterocycles. The number of hydrogen-bond donors (Lipinski definition) is 1. The average molecular weight is 491 g/mol. The molecule has 0 bridgehead atoms. The summed E-state index contributed by atoms with van der Waals surface area (Å²) in [6.45, 7) is 7.17. The van der Waals surface area contributed by atoms with Gasteiger partial charge in [0.1, 0.15) is 5.75 Å². The second-order valence-electron chi connectivity index (χ2n) is 6.87. The largest absolute Gasteiger partial charge is 0.494 e. The minimum absolute atomic E-state index is 0.141. The van der Waals surface area contributed by atoms with Gasteiger partial charge < -0.3 is 10.1 Å².